The third-order valence-electron chi connectivity index (χ3n) is 4.55. The number of nitriles is 1. The second-order valence-corrected chi connectivity index (χ2v) is 7.05. The van der Waals surface area contributed by atoms with E-state index in [9.17, 15) is 15.2 Å². The molecule has 1 aliphatic carbocycles. The lowest BCUT2D eigenvalue weighted by Gasteiger charge is -2.51. The Morgan fingerprint density at radius 2 is 1.80 bits per heavy atom. The van der Waals surface area contributed by atoms with Gasteiger partial charge in [0.05, 0.1) is 17.1 Å². The average molecular weight is 280 g/mol. The van der Waals surface area contributed by atoms with Crippen molar-refractivity contribution in [3.63, 3.8) is 0 Å². The molecule has 112 valence electrons. The van der Waals surface area contributed by atoms with E-state index in [1.807, 2.05) is 20.8 Å². The number of nitrogens with zero attached hydrogens (tertiary/aromatic N) is 2. The first kappa shape index (κ1) is 15.1. The third kappa shape index (κ3) is 2.62. The number of rotatable bonds is 1. The highest BCUT2D eigenvalue weighted by Crippen LogP contribution is 2.52. The summed E-state index contributed by atoms with van der Waals surface area (Å²) in [5.41, 5.74) is -2.04. The zero-order valence-corrected chi connectivity index (χ0v) is 12.6. The Kier molecular flexibility index (Phi) is 3.72. The van der Waals surface area contributed by atoms with Gasteiger partial charge in [0.25, 0.3) is 0 Å². The summed E-state index contributed by atoms with van der Waals surface area (Å²) in [4.78, 5) is 13.6. The Hall–Kier alpha value is -1.28. The quantitative estimate of drug-likeness (QED) is 0.800. The first-order chi connectivity index (χ1) is 9.21. The fourth-order valence-corrected chi connectivity index (χ4v) is 3.08. The van der Waals surface area contributed by atoms with E-state index in [0.717, 1.165) is 19.3 Å². The standard InChI is InChI=1S/C15H24N2O3/c1-13(2,3)20-12(18)17-9-7-15(19,8-10-17)14(11-16)5-4-6-14/h19H,4-10H2,1-3H3. The number of hydrogen-bond acceptors (Lipinski definition) is 4. The Bertz CT molecular complexity index is 421. The number of likely N-dealkylation sites (tertiary alicyclic amines) is 1. The van der Waals surface area contributed by atoms with Crippen LogP contribution in [0.5, 0.6) is 0 Å². The smallest absolute Gasteiger partial charge is 0.410 e. The van der Waals surface area contributed by atoms with Crippen molar-refractivity contribution in [1.82, 2.24) is 4.90 Å². The van der Waals surface area contributed by atoms with E-state index in [4.69, 9.17) is 4.74 Å². The number of amides is 1. The van der Waals surface area contributed by atoms with Crippen LogP contribution in [0.4, 0.5) is 4.79 Å². The summed E-state index contributed by atoms with van der Waals surface area (Å²) in [7, 11) is 0. The van der Waals surface area contributed by atoms with Crippen LogP contribution in [0, 0.1) is 16.7 Å². The molecule has 0 aromatic rings. The molecule has 1 amide bonds. The maximum absolute atomic E-state index is 12.0. The molecular weight excluding hydrogens is 256 g/mol. The van der Waals surface area contributed by atoms with E-state index >= 15 is 0 Å². The number of aliphatic hydroxyl groups is 1. The monoisotopic (exact) mass is 280 g/mol. The van der Waals surface area contributed by atoms with Crippen molar-refractivity contribution in [3.05, 3.63) is 0 Å². The molecule has 5 nitrogen and oxygen atoms in total. The van der Waals surface area contributed by atoms with Gasteiger partial charge in [0.1, 0.15) is 5.60 Å². The largest absolute Gasteiger partial charge is 0.444 e. The summed E-state index contributed by atoms with van der Waals surface area (Å²) in [6.45, 7) is 6.42. The van der Waals surface area contributed by atoms with Gasteiger partial charge in [-0.3, -0.25) is 0 Å². The highest BCUT2D eigenvalue weighted by molar-refractivity contribution is 5.68. The minimum absolute atomic E-state index is 0.334. The van der Waals surface area contributed by atoms with Gasteiger partial charge in [0.2, 0.25) is 0 Å². The number of ether oxygens (including phenoxy) is 1. The van der Waals surface area contributed by atoms with Crippen LogP contribution >= 0.6 is 0 Å². The molecule has 0 aromatic heterocycles. The lowest BCUT2D eigenvalue weighted by atomic mass is 9.57. The van der Waals surface area contributed by atoms with Crippen LogP contribution in [0.15, 0.2) is 0 Å². The third-order valence-corrected chi connectivity index (χ3v) is 4.55. The van der Waals surface area contributed by atoms with Crippen LogP contribution in [-0.4, -0.2) is 40.4 Å². The van der Waals surface area contributed by atoms with Gasteiger partial charge in [-0.25, -0.2) is 4.79 Å². The van der Waals surface area contributed by atoms with E-state index < -0.39 is 16.6 Å². The minimum Gasteiger partial charge on any atom is -0.444 e. The molecule has 0 bridgehead atoms. The topological polar surface area (TPSA) is 73.6 Å². The fraction of sp³-hybridized carbons (Fsp3) is 0.867. The van der Waals surface area contributed by atoms with Crippen LogP contribution in [-0.2, 0) is 4.74 Å². The maximum atomic E-state index is 12.0. The summed E-state index contributed by atoms with van der Waals surface area (Å²) in [5, 5.41) is 20.1. The molecule has 0 radical (unpaired) electrons. The number of piperidine rings is 1. The molecule has 2 fully saturated rings. The summed E-state index contributed by atoms with van der Waals surface area (Å²) >= 11 is 0. The molecule has 20 heavy (non-hydrogen) atoms. The van der Waals surface area contributed by atoms with Gasteiger partial charge in [0.15, 0.2) is 0 Å². The normalized spacial score (nSPS) is 24.4. The summed E-state index contributed by atoms with van der Waals surface area (Å²) in [6.07, 6.45) is 3.13. The van der Waals surface area contributed by atoms with Crippen LogP contribution < -0.4 is 0 Å². The molecule has 1 saturated carbocycles. The maximum Gasteiger partial charge on any atom is 0.410 e. The second kappa shape index (κ2) is 4.92. The summed E-state index contributed by atoms with van der Waals surface area (Å²) in [6, 6.07) is 2.32. The number of carbonyl (C=O) groups excluding carboxylic acids is 1. The Balaban J connectivity index is 1.96. The van der Waals surface area contributed by atoms with Gasteiger partial charge in [0, 0.05) is 13.1 Å². The first-order valence-corrected chi connectivity index (χ1v) is 7.33. The van der Waals surface area contributed by atoms with Crippen molar-refractivity contribution in [1.29, 1.82) is 5.26 Å². The van der Waals surface area contributed by atoms with E-state index in [1.54, 1.807) is 4.90 Å². The predicted octanol–water partition coefficient (Wildman–Crippen LogP) is 2.44. The zero-order chi connectivity index (χ0) is 15.0. The summed E-state index contributed by atoms with van der Waals surface area (Å²) in [5.74, 6) is 0. The Labute approximate surface area is 120 Å². The molecular formula is C15H24N2O3. The van der Waals surface area contributed by atoms with Gasteiger partial charge >= 0.3 is 6.09 Å². The minimum atomic E-state index is -0.946. The van der Waals surface area contributed by atoms with E-state index in [-0.39, 0.29) is 6.09 Å². The van der Waals surface area contributed by atoms with Gasteiger partial charge in [-0.2, -0.15) is 5.26 Å². The molecule has 1 saturated heterocycles. The molecule has 1 aliphatic heterocycles. The van der Waals surface area contributed by atoms with Gasteiger partial charge in [-0.15, -0.1) is 0 Å². The molecule has 1 N–H and O–H groups in total. The van der Waals surface area contributed by atoms with Crippen LogP contribution in [0.25, 0.3) is 0 Å². The first-order valence-electron chi connectivity index (χ1n) is 7.33. The number of hydrogen-bond donors (Lipinski definition) is 1. The molecule has 0 aromatic carbocycles. The highest BCUT2D eigenvalue weighted by atomic mass is 16.6. The lowest BCUT2D eigenvalue weighted by Crippen LogP contribution is -2.58. The van der Waals surface area contributed by atoms with Crippen molar-refractivity contribution in [3.8, 4) is 6.07 Å². The SMILES string of the molecule is CC(C)(C)OC(=O)N1CCC(O)(C2(C#N)CCC2)CC1. The van der Waals surface area contributed by atoms with Crippen molar-refractivity contribution >= 4 is 6.09 Å². The molecule has 0 unspecified atom stereocenters. The molecule has 0 spiro atoms. The van der Waals surface area contributed by atoms with Crippen molar-refractivity contribution < 1.29 is 14.6 Å². The van der Waals surface area contributed by atoms with Crippen molar-refractivity contribution in [2.75, 3.05) is 13.1 Å². The molecule has 1 heterocycles. The van der Waals surface area contributed by atoms with Crippen LogP contribution in [0.3, 0.4) is 0 Å². The molecule has 2 aliphatic rings. The second-order valence-electron chi connectivity index (χ2n) is 7.05. The van der Waals surface area contributed by atoms with E-state index in [2.05, 4.69) is 6.07 Å². The summed E-state index contributed by atoms with van der Waals surface area (Å²) < 4.78 is 5.34. The van der Waals surface area contributed by atoms with Crippen molar-refractivity contribution in [2.24, 2.45) is 5.41 Å². The Morgan fingerprint density at radius 1 is 1.25 bits per heavy atom. The van der Waals surface area contributed by atoms with Crippen molar-refractivity contribution in [2.45, 2.75) is 64.1 Å². The van der Waals surface area contributed by atoms with Crippen LogP contribution in [0.1, 0.15) is 52.9 Å². The Morgan fingerprint density at radius 3 is 2.15 bits per heavy atom. The zero-order valence-electron chi connectivity index (χ0n) is 12.6. The molecule has 0 atom stereocenters. The van der Waals surface area contributed by atoms with Gasteiger partial charge in [-0.05, 0) is 46.5 Å². The number of carbonyl (C=O) groups is 1. The lowest BCUT2D eigenvalue weighted by molar-refractivity contribution is -0.126. The predicted molar refractivity (Wildman–Crippen MR) is 73.9 cm³/mol. The fourth-order valence-electron chi connectivity index (χ4n) is 3.08. The van der Waals surface area contributed by atoms with Gasteiger partial charge in [-0.1, -0.05) is 6.42 Å². The van der Waals surface area contributed by atoms with E-state index in [1.165, 1.54) is 0 Å². The molecule has 5 heteroatoms. The highest BCUT2D eigenvalue weighted by Gasteiger charge is 2.55. The molecule has 2 rings (SSSR count). The average Bonchev–Trinajstić information content (AvgIpc) is 2.26. The van der Waals surface area contributed by atoms with Crippen LogP contribution in [0.2, 0.25) is 0 Å². The van der Waals surface area contributed by atoms with Gasteiger partial charge < -0.3 is 14.7 Å². The van der Waals surface area contributed by atoms with E-state index in [0.29, 0.717) is 25.9 Å².